The zero-order valence-corrected chi connectivity index (χ0v) is 22.7. The van der Waals surface area contributed by atoms with Gasteiger partial charge in [-0.3, -0.25) is 9.69 Å². The first-order chi connectivity index (χ1) is 18.9. The van der Waals surface area contributed by atoms with E-state index < -0.39 is 12.1 Å². The number of nitrogens with two attached hydrogens (primary N) is 1. The van der Waals surface area contributed by atoms with Gasteiger partial charge in [0.1, 0.15) is 11.7 Å². The van der Waals surface area contributed by atoms with Crippen molar-refractivity contribution in [3.8, 4) is 11.8 Å². The summed E-state index contributed by atoms with van der Waals surface area (Å²) in [6.45, 7) is 2.29. The molecule has 0 radical (unpaired) electrons. The van der Waals surface area contributed by atoms with Crippen molar-refractivity contribution in [1.82, 2.24) is 24.8 Å². The highest BCUT2D eigenvalue weighted by atomic mass is 35.5. The Kier molecular flexibility index (Phi) is 7.87. The summed E-state index contributed by atoms with van der Waals surface area (Å²) >= 11 is 7.66. The summed E-state index contributed by atoms with van der Waals surface area (Å²) in [6, 6.07) is 15.9. The van der Waals surface area contributed by atoms with E-state index in [-0.39, 0.29) is 18.9 Å². The predicted octanol–water partition coefficient (Wildman–Crippen LogP) is 4.49. The predicted molar refractivity (Wildman–Crippen MR) is 153 cm³/mol. The molecule has 3 amide bonds. The Morgan fingerprint density at radius 1 is 1.18 bits per heavy atom. The number of thioether (sulfide) groups is 1. The molecule has 10 heteroatoms. The number of urea groups is 1. The fourth-order valence-corrected chi connectivity index (χ4v) is 5.31. The number of hydrogen-bond donors (Lipinski definition) is 2. The third-order valence-electron chi connectivity index (χ3n) is 6.32. The minimum absolute atomic E-state index is 0.265. The number of imidazole rings is 1. The molecule has 2 aromatic carbocycles. The normalized spacial score (nSPS) is 15.4. The van der Waals surface area contributed by atoms with E-state index in [4.69, 9.17) is 17.3 Å². The minimum atomic E-state index is -0.674. The summed E-state index contributed by atoms with van der Waals surface area (Å²) in [7, 11) is 0. The van der Waals surface area contributed by atoms with Crippen molar-refractivity contribution in [2.24, 2.45) is 5.73 Å². The lowest BCUT2D eigenvalue weighted by molar-refractivity contribution is -0.127. The molecule has 2 aromatic heterocycles. The molecule has 1 atom stereocenters. The molecule has 3 heterocycles. The smallest absolute Gasteiger partial charge is 0.324 e. The van der Waals surface area contributed by atoms with Crippen LogP contribution in [0.5, 0.6) is 0 Å². The van der Waals surface area contributed by atoms with Crippen molar-refractivity contribution in [3.05, 3.63) is 101 Å². The number of aryl methyl sites for hydroxylation is 1. The maximum absolute atomic E-state index is 13.0. The van der Waals surface area contributed by atoms with Gasteiger partial charge in [-0.05, 0) is 72.1 Å². The topological polar surface area (TPSA) is 106 Å². The SMILES string of the molecule is Cc1ccc(SCCN2C(=O)NC(C/C(=C/N)c3cccc(Cl)c3)C2=O)cc1C#Cc1cnc2cccnn12. The second kappa shape index (κ2) is 11.6. The van der Waals surface area contributed by atoms with Gasteiger partial charge in [-0.2, -0.15) is 5.10 Å². The fourth-order valence-electron chi connectivity index (χ4n) is 4.24. The number of nitrogens with one attached hydrogen (secondary N) is 1. The molecule has 3 N–H and O–H groups in total. The van der Waals surface area contributed by atoms with Gasteiger partial charge >= 0.3 is 6.03 Å². The highest BCUT2D eigenvalue weighted by molar-refractivity contribution is 7.99. The van der Waals surface area contributed by atoms with Crippen LogP contribution in [0.4, 0.5) is 4.79 Å². The van der Waals surface area contributed by atoms with E-state index in [1.165, 1.54) is 11.1 Å². The molecule has 0 aliphatic carbocycles. The number of halogens is 1. The van der Waals surface area contributed by atoms with E-state index >= 15 is 0 Å². The number of carbonyl (C=O) groups is 2. The molecule has 1 aliphatic rings. The Balaban J connectivity index is 1.20. The van der Waals surface area contributed by atoms with E-state index in [0.29, 0.717) is 16.5 Å². The van der Waals surface area contributed by atoms with Gasteiger partial charge in [0.25, 0.3) is 5.91 Å². The molecule has 0 saturated carbocycles. The van der Waals surface area contributed by atoms with Crippen LogP contribution in [0.2, 0.25) is 5.02 Å². The standard InChI is InChI=1S/C29H25ClN6O2S/c1-19-7-10-25(15-20(19)8-9-24-18-32-27-6-3-11-33-36(24)27)39-13-12-35-28(37)26(34-29(35)38)16-22(17-31)21-4-2-5-23(30)14-21/h2-7,10-11,14-15,17-18,26H,12-13,16,31H2,1H3,(H,34,38)/b22-17-. The number of fused-ring (bicyclic) bond motifs is 1. The van der Waals surface area contributed by atoms with Crippen LogP contribution in [0.3, 0.4) is 0 Å². The van der Waals surface area contributed by atoms with E-state index in [1.807, 2.05) is 49.4 Å². The number of aromatic nitrogens is 3. The van der Waals surface area contributed by atoms with E-state index in [1.54, 1.807) is 40.8 Å². The highest BCUT2D eigenvalue weighted by Gasteiger charge is 2.38. The van der Waals surface area contributed by atoms with Gasteiger partial charge in [0, 0.05) is 40.4 Å². The lowest BCUT2D eigenvalue weighted by Gasteiger charge is -2.14. The Labute approximate surface area is 235 Å². The van der Waals surface area contributed by atoms with Crippen molar-refractivity contribution in [1.29, 1.82) is 0 Å². The zero-order valence-electron chi connectivity index (χ0n) is 21.1. The first-order valence-corrected chi connectivity index (χ1v) is 13.6. The van der Waals surface area contributed by atoms with Gasteiger partial charge in [0.05, 0.1) is 6.20 Å². The number of amides is 3. The van der Waals surface area contributed by atoms with Crippen molar-refractivity contribution in [3.63, 3.8) is 0 Å². The Morgan fingerprint density at radius 3 is 2.87 bits per heavy atom. The van der Waals surface area contributed by atoms with E-state index in [9.17, 15) is 9.59 Å². The third kappa shape index (κ3) is 5.93. The lowest BCUT2D eigenvalue weighted by Crippen LogP contribution is -2.33. The molecule has 1 fully saturated rings. The number of imide groups is 1. The molecule has 5 rings (SSSR count). The zero-order chi connectivity index (χ0) is 27.4. The van der Waals surface area contributed by atoms with Crippen LogP contribution in [-0.4, -0.2) is 49.8 Å². The van der Waals surface area contributed by atoms with Gasteiger partial charge in [0.2, 0.25) is 0 Å². The van der Waals surface area contributed by atoms with Crippen LogP contribution in [-0.2, 0) is 4.79 Å². The van der Waals surface area contributed by atoms with Crippen molar-refractivity contribution < 1.29 is 9.59 Å². The first-order valence-electron chi connectivity index (χ1n) is 12.3. The molecular formula is C29H25ClN6O2S. The molecular weight excluding hydrogens is 532 g/mol. The van der Waals surface area contributed by atoms with Crippen LogP contribution in [0.1, 0.15) is 28.8 Å². The van der Waals surface area contributed by atoms with Gasteiger partial charge in [0.15, 0.2) is 5.65 Å². The summed E-state index contributed by atoms with van der Waals surface area (Å²) < 4.78 is 1.70. The quantitative estimate of drug-likeness (QED) is 0.197. The number of rotatable bonds is 7. The second-order valence-corrected chi connectivity index (χ2v) is 10.5. The fraction of sp³-hybridized carbons (Fsp3) is 0.172. The van der Waals surface area contributed by atoms with Gasteiger partial charge in [-0.25, -0.2) is 14.3 Å². The van der Waals surface area contributed by atoms with Crippen LogP contribution < -0.4 is 11.1 Å². The average Bonchev–Trinajstić information content (AvgIpc) is 3.47. The molecule has 196 valence electrons. The number of benzene rings is 2. The third-order valence-corrected chi connectivity index (χ3v) is 7.53. The molecule has 4 aromatic rings. The molecule has 1 unspecified atom stereocenters. The molecule has 1 saturated heterocycles. The summed E-state index contributed by atoms with van der Waals surface area (Å²) in [5.74, 6) is 6.66. The van der Waals surface area contributed by atoms with Gasteiger partial charge in [-0.15, -0.1) is 11.8 Å². The molecule has 0 bridgehead atoms. The van der Waals surface area contributed by atoms with Crippen LogP contribution in [0.15, 0.2) is 78.1 Å². The summed E-state index contributed by atoms with van der Waals surface area (Å²) in [4.78, 5) is 32.2. The monoisotopic (exact) mass is 556 g/mol. The molecule has 8 nitrogen and oxygen atoms in total. The molecule has 1 aliphatic heterocycles. The second-order valence-electron chi connectivity index (χ2n) is 8.91. The maximum atomic E-state index is 13.0. The number of carbonyl (C=O) groups excluding carboxylic acids is 2. The van der Waals surface area contributed by atoms with Crippen molar-refractivity contribution >= 4 is 46.5 Å². The first kappa shape index (κ1) is 26.4. The van der Waals surface area contributed by atoms with Crippen molar-refractivity contribution in [2.45, 2.75) is 24.3 Å². The maximum Gasteiger partial charge on any atom is 0.324 e. The largest absolute Gasteiger partial charge is 0.404 e. The Bertz CT molecular complexity index is 1650. The minimum Gasteiger partial charge on any atom is -0.404 e. The van der Waals surface area contributed by atoms with Crippen LogP contribution in [0, 0.1) is 18.8 Å². The molecule has 39 heavy (non-hydrogen) atoms. The van der Waals surface area contributed by atoms with Crippen LogP contribution in [0.25, 0.3) is 11.2 Å². The summed E-state index contributed by atoms with van der Waals surface area (Å²) in [5, 5.41) is 7.65. The Hall–Kier alpha value is -4.26. The van der Waals surface area contributed by atoms with Crippen LogP contribution >= 0.6 is 23.4 Å². The van der Waals surface area contributed by atoms with E-state index in [2.05, 4.69) is 27.2 Å². The van der Waals surface area contributed by atoms with E-state index in [0.717, 1.165) is 32.8 Å². The summed E-state index contributed by atoms with van der Waals surface area (Å²) in [5.41, 5.74) is 10.8. The summed E-state index contributed by atoms with van der Waals surface area (Å²) in [6.07, 6.45) is 5.14. The highest BCUT2D eigenvalue weighted by Crippen LogP contribution is 2.26. The lowest BCUT2D eigenvalue weighted by atomic mass is 9.99. The number of nitrogens with zero attached hydrogens (tertiary/aromatic N) is 4. The van der Waals surface area contributed by atoms with Gasteiger partial charge < -0.3 is 11.1 Å². The number of hydrogen-bond acceptors (Lipinski definition) is 6. The average molecular weight is 557 g/mol. The molecule has 0 spiro atoms. The van der Waals surface area contributed by atoms with Crippen molar-refractivity contribution in [2.75, 3.05) is 12.3 Å². The Morgan fingerprint density at radius 2 is 2.05 bits per heavy atom. The van der Waals surface area contributed by atoms with Gasteiger partial charge in [-0.1, -0.05) is 35.7 Å².